The predicted molar refractivity (Wildman–Crippen MR) is 132 cm³/mol. The van der Waals surface area contributed by atoms with E-state index in [2.05, 4.69) is 0 Å². The first-order valence-electron chi connectivity index (χ1n) is 12.9. The van der Waals surface area contributed by atoms with Gasteiger partial charge in [-0.15, -0.1) is 0 Å². The number of carbonyl (C=O) groups is 2. The van der Waals surface area contributed by atoms with Crippen molar-refractivity contribution in [1.82, 2.24) is 4.90 Å². The van der Waals surface area contributed by atoms with Crippen LogP contribution in [-0.4, -0.2) is 36.9 Å². The normalized spacial score (nSPS) is 17.3. The molecule has 2 atom stereocenters. The Morgan fingerprint density at radius 3 is 1.95 bits per heavy atom. The van der Waals surface area contributed by atoms with E-state index in [1.54, 1.807) is 13.8 Å². The first-order chi connectivity index (χ1) is 19.9. The number of anilines is 1. The molecule has 0 unspecified atom stereocenters. The average molecular weight is 631 g/mol. The fourth-order valence-corrected chi connectivity index (χ4v) is 4.65. The van der Waals surface area contributed by atoms with Crippen LogP contribution in [-0.2, 0) is 39.4 Å². The molecular weight excluding hydrogens is 603 g/mol. The van der Waals surface area contributed by atoms with E-state index < -0.39 is 71.7 Å². The number of nitrogens with zero attached hydrogens (tertiary/aromatic N) is 2. The van der Waals surface area contributed by atoms with Gasteiger partial charge in [0.05, 0.1) is 48.2 Å². The van der Waals surface area contributed by atoms with Crippen molar-refractivity contribution in [2.75, 3.05) is 18.8 Å². The summed E-state index contributed by atoms with van der Waals surface area (Å²) in [5, 5.41) is 1.02. The lowest BCUT2D eigenvalue weighted by atomic mass is 9.88. The van der Waals surface area contributed by atoms with Gasteiger partial charge in [-0.2, -0.15) is 44.6 Å². The van der Waals surface area contributed by atoms with Gasteiger partial charge in [0.15, 0.2) is 0 Å². The topological polar surface area (TPSA) is 68.3 Å². The van der Waals surface area contributed by atoms with Gasteiger partial charge in [0, 0.05) is 12.1 Å². The van der Waals surface area contributed by atoms with E-state index in [9.17, 15) is 49.1 Å². The van der Waals surface area contributed by atoms with Crippen molar-refractivity contribution < 1.29 is 63.4 Å². The summed E-state index contributed by atoms with van der Waals surface area (Å²) in [7, 11) is 0.898. The maximum Gasteiger partial charge on any atom is 0.533 e. The van der Waals surface area contributed by atoms with E-state index in [0.29, 0.717) is 30.7 Å². The zero-order valence-corrected chi connectivity index (χ0v) is 23.0. The van der Waals surface area contributed by atoms with E-state index in [0.717, 1.165) is 23.1 Å². The van der Waals surface area contributed by atoms with Gasteiger partial charge in [-0.05, 0) is 61.2 Å². The summed E-state index contributed by atoms with van der Waals surface area (Å²) in [5.41, 5.74) is -5.38. The van der Waals surface area contributed by atoms with Crippen molar-refractivity contribution >= 4 is 17.9 Å². The van der Waals surface area contributed by atoms with Crippen LogP contribution in [0.5, 0.6) is 0 Å². The SMILES string of the molecule is CCCOC(=O)ON1c2ccc(C(F)(F)F)cc2[C@@H](N(Cc2cc(C(F)(F)F)cc(C(F)(F)F)c2)C(=O)OC)C[C@H]1CC. The Balaban J connectivity index is 2.18. The number of fused-ring (bicyclic) bond motifs is 1. The summed E-state index contributed by atoms with van der Waals surface area (Å²) in [6.07, 6.45) is -17.2. The Hall–Kier alpha value is -3.85. The van der Waals surface area contributed by atoms with E-state index >= 15 is 0 Å². The molecule has 2 aromatic rings. The Morgan fingerprint density at radius 2 is 1.47 bits per heavy atom. The summed E-state index contributed by atoms with van der Waals surface area (Å²) >= 11 is 0. The predicted octanol–water partition coefficient (Wildman–Crippen LogP) is 8.52. The second kappa shape index (κ2) is 12.8. The molecule has 238 valence electrons. The fraction of sp³-hybridized carbons (Fsp3) is 0.481. The van der Waals surface area contributed by atoms with Gasteiger partial charge in [0.2, 0.25) is 0 Å². The minimum atomic E-state index is -5.18. The van der Waals surface area contributed by atoms with Crippen LogP contribution < -0.4 is 5.06 Å². The molecule has 43 heavy (non-hydrogen) atoms. The zero-order valence-electron chi connectivity index (χ0n) is 23.0. The van der Waals surface area contributed by atoms with Gasteiger partial charge in [-0.1, -0.05) is 13.8 Å². The molecule has 0 aromatic heterocycles. The second-order valence-electron chi connectivity index (χ2n) is 9.61. The number of amides is 1. The molecule has 0 spiro atoms. The second-order valence-corrected chi connectivity index (χ2v) is 9.61. The van der Waals surface area contributed by atoms with Gasteiger partial charge >= 0.3 is 30.8 Å². The maximum absolute atomic E-state index is 13.7. The lowest BCUT2D eigenvalue weighted by molar-refractivity contribution is -0.143. The molecule has 0 N–H and O–H groups in total. The number of ether oxygens (including phenoxy) is 2. The maximum atomic E-state index is 13.7. The average Bonchev–Trinajstić information content (AvgIpc) is 2.92. The highest BCUT2D eigenvalue weighted by Crippen LogP contribution is 2.45. The quantitative estimate of drug-likeness (QED) is 0.226. The highest BCUT2D eigenvalue weighted by atomic mass is 19.4. The summed E-state index contributed by atoms with van der Waals surface area (Å²) in [5.74, 6) is 0. The molecule has 16 heteroatoms. The van der Waals surface area contributed by atoms with Crippen LogP contribution in [0, 0.1) is 0 Å². The number of hydroxylamine groups is 1. The molecule has 0 fully saturated rings. The number of hydrogen-bond acceptors (Lipinski definition) is 6. The van der Waals surface area contributed by atoms with Crippen LogP contribution in [0.2, 0.25) is 0 Å². The smallest absolute Gasteiger partial charge is 0.453 e. The van der Waals surface area contributed by atoms with Crippen LogP contribution in [0.4, 0.5) is 54.8 Å². The molecule has 1 aliphatic heterocycles. The molecule has 1 heterocycles. The highest BCUT2D eigenvalue weighted by Gasteiger charge is 2.43. The van der Waals surface area contributed by atoms with Crippen molar-refractivity contribution in [3.05, 3.63) is 64.2 Å². The zero-order chi connectivity index (χ0) is 32.3. The first-order valence-corrected chi connectivity index (χ1v) is 12.9. The molecule has 1 aliphatic rings. The number of benzene rings is 2. The Labute approximate surface area is 240 Å². The molecule has 7 nitrogen and oxygen atoms in total. The van der Waals surface area contributed by atoms with Crippen LogP contribution in [0.25, 0.3) is 0 Å². The van der Waals surface area contributed by atoms with Crippen molar-refractivity contribution in [2.45, 2.75) is 70.3 Å². The minimum Gasteiger partial charge on any atom is -0.453 e. The number of rotatable bonds is 7. The van der Waals surface area contributed by atoms with Crippen molar-refractivity contribution in [2.24, 2.45) is 0 Å². The van der Waals surface area contributed by atoms with Gasteiger partial charge in [-0.3, -0.25) is 4.90 Å². The third kappa shape index (κ3) is 7.96. The first kappa shape index (κ1) is 33.6. The number of halogens is 9. The third-order valence-corrected chi connectivity index (χ3v) is 6.63. The van der Waals surface area contributed by atoms with Crippen LogP contribution in [0.3, 0.4) is 0 Å². The van der Waals surface area contributed by atoms with Gasteiger partial charge in [0.25, 0.3) is 0 Å². The van der Waals surface area contributed by atoms with Gasteiger partial charge in [-0.25, -0.2) is 9.59 Å². The third-order valence-electron chi connectivity index (χ3n) is 6.63. The van der Waals surface area contributed by atoms with Gasteiger partial charge in [0.1, 0.15) is 0 Å². The number of alkyl halides is 9. The van der Waals surface area contributed by atoms with Crippen LogP contribution in [0.15, 0.2) is 36.4 Å². The van der Waals surface area contributed by atoms with Crippen molar-refractivity contribution in [1.29, 1.82) is 0 Å². The fourth-order valence-electron chi connectivity index (χ4n) is 4.65. The molecule has 1 amide bonds. The number of methoxy groups -OCH3 is 1. The lowest BCUT2D eigenvalue weighted by Gasteiger charge is -2.43. The van der Waals surface area contributed by atoms with Gasteiger partial charge < -0.3 is 14.3 Å². The molecule has 2 aromatic carbocycles. The minimum absolute atomic E-state index is 0.0149. The Kier molecular flexibility index (Phi) is 10.0. The van der Waals surface area contributed by atoms with E-state index in [-0.39, 0.29) is 36.8 Å². The Morgan fingerprint density at radius 1 is 0.884 bits per heavy atom. The standard InChI is InChI=1S/C27H27F9N2O5/c1-4-8-42-24(40)43-38-19(5-2)13-22(20-12-16(25(28,29)30)6-7-21(20)38)37(23(39)41-3)14-15-9-17(26(31,32)33)11-18(10-15)27(34,35)36/h6-7,9-12,19,22H,4-5,8,13-14H2,1-3H3/t19-,22+/m1/s1. The van der Waals surface area contributed by atoms with E-state index in [1.807, 2.05) is 0 Å². The number of carbonyl (C=O) groups excluding carboxylic acids is 2. The highest BCUT2D eigenvalue weighted by molar-refractivity contribution is 5.71. The molecule has 0 bridgehead atoms. The summed E-state index contributed by atoms with van der Waals surface area (Å²) in [6.45, 7) is 2.44. The summed E-state index contributed by atoms with van der Waals surface area (Å²) in [4.78, 5) is 31.3. The largest absolute Gasteiger partial charge is 0.533 e. The van der Waals surface area contributed by atoms with E-state index in [1.165, 1.54) is 0 Å². The van der Waals surface area contributed by atoms with Crippen LogP contribution in [0.1, 0.15) is 67.0 Å². The lowest BCUT2D eigenvalue weighted by Crippen LogP contribution is -2.47. The van der Waals surface area contributed by atoms with E-state index in [4.69, 9.17) is 14.3 Å². The summed E-state index contributed by atoms with van der Waals surface area (Å²) in [6, 6.07) is 0.941. The van der Waals surface area contributed by atoms with Crippen molar-refractivity contribution in [3.8, 4) is 0 Å². The van der Waals surface area contributed by atoms with Crippen molar-refractivity contribution in [3.63, 3.8) is 0 Å². The number of hydrogen-bond donors (Lipinski definition) is 0. The molecule has 0 saturated carbocycles. The molecule has 3 rings (SSSR count). The Bertz CT molecular complexity index is 1280. The molecular formula is C27H27F9N2O5. The summed E-state index contributed by atoms with van der Waals surface area (Å²) < 4.78 is 132. The monoisotopic (exact) mass is 630 g/mol. The molecule has 0 aliphatic carbocycles. The van der Waals surface area contributed by atoms with Crippen LogP contribution >= 0.6 is 0 Å². The molecule has 0 radical (unpaired) electrons. The molecule has 0 saturated heterocycles.